The number of aliphatic hydroxyl groups excluding tert-OH is 1. The van der Waals surface area contributed by atoms with Gasteiger partial charge in [-0.1, -0.05) is 13.8 Å². The summed E-state index contributed by atoms with van der Waals surface area (Å²) in [7, 11) is 0. The summed E-state index contributed by atoms with van der Waals surface area (Å²) in [5.74, 6) is 0. The van der Waals surface area contributed by atoms with Crippen LogP contribution in [0.5, 0.6) is 0 Å². The van der Waals surface area contributed by atoms with Gasteiger partial charge in [0.25, 0.3) is 0 Å². The summed E-state index contributed by atoms with van der Waals surface area (Å²) in [5, 5.41) is 15.0. The molecule has 0 saturated carbocycles. The van der Waals surface area contributed by atoms with E-state index in [-0.39, 0.29) is 17.4 Å². The van der Waals surface area contributed by atoms with Gasteiger partial charge in [0.15, 0.2) is 0 Å². The molecule has 0 aromatic carbocycles. The first kappa shape index (κ1) is 14.5. The Morgan fingerprint density at radius 2 is 2.28 bits per heavy atom. The van der Waals surface area contributed by atoms with Crippen molar-refractivity contribution in [3.63, 3.8) is 0 Å². The molecule has 1 aliphatic heterocycles. The fraction of sp³-hybridized carbons (Fsp3) is 0.692. The number of aliphatic hydroxyl groups is 1. The van der Waals surface area contributed by atoms with Crippen molar-refractivity contribution >= 4 is 27.3 Å². The smallest absolute Gasteiger partial charge is 0.0579 e. The third-order valence-electron chi connectivity index (χ3n) is 3.45. The summed E-state index contributed by atoms with van der Waals surface area (Å²) in [6.07, 6.45) is 0. The van der Waals surface area contributed by atoms with E-state index in [4.69, 9.17) is 4.74 Å². The van der Waals surface area contributed by atoms with Gasteiger partial charge in [0, 0.05) is 33.2 Å². The lowest BCUT2D eigenvalue weighted by Gasteiger charge is -2.40. The van der Waals surface area contributed by atoms with E-state index in [1.165, 1.54) is 4.88 Å². The molecule has 2 N–H and O–H groups in total. The quantitative estimate of drug-likeness (QED) is 0.839. The second-order valence-corrected chi connectivity index (χ2v) is 7.59. The predicted octanol–water partition coefficient (Wildman–Crippen LogP) is 2.39. The molecule has 1 aromatic rings. The summed E-state index contributed by atoms with van der Waals surface area (Å²) < 4.78 is 6.34. The number of halogens is 1. The minimum Gasteiger partial charge on any atom is -0.396 e. The maximum absolute atomic E-state index is 9.36. The molecule has 5 heteroatoms. The van der Waals surface area contributed by atoms with Crippen molar-refractivity contribution < 1.29 is 9.84 Å². The van der Waals surface area contributed by atoms with Crippen LogP contribution >= 0.6 is 27.3 Å². The summed E-state index contributed by atoms with van der Waals surface area (Å²) in [6, 6.07) is 2.18. The summed E-state index contributed by atoms with van der Waals surface area (Å²) in [6.45, 7) is 7.73. The van der Waals surface area contributed by atoms with Crippen molar-refractivity contribution in [3.8, 4) is 0 Å². The Hall–Kier alpha value is 0.0600. The van der Waals surface area contributed by atoms with Crippen LogP contribution in [-0.2, 0) is 10.2 Å². The molecule has 0 amide bonds. The van der Waals surface area contributed by atoms with Crippen LogP contribution in [0.2, 0.25) is 0 Å². The number of hydrogen-bond donors (Lipinski definition) is 2. The van der Waals surface area contributed by atoms with Crippen LogP contribution in [0.1, 0.15) is 18.7 Å². The molecular weight excluding hydrogens is 314 g/mol. The molecule has 2 heterocycles. The van der Waals surface area contributed by atoms with Gasteiger partial charge in [-0.25, -0.2) is 0 Å². The van der Waals surface area contributed by atoms with Gasteiger partial charge in [-0.15, -0.1) is 11.3 Å². The maximum atomic E-state index is 9.36. The highest BCUT2D eigenvalue weighted by Gasteiger charge is 2.38. The van der Waals surface area contributed by atoms with E-state index in [1.807, 2.05) is 0 Å². The van der Waals surface area contributed by atoms with E-state index < -0.39 is 0 Å². The molecule has 0 aliphatic carbocycles. The highest BCUT2D eigenvalue weighted by atomic mass is 79.9. The van der Waals surface area contributed by atoms with E-state index in [9.17, 15) is 5.11 Å². The summed E-state index contributed by atoms with van der Waals surface area (Å²) in [4.78, 5) is 1.37. The number of thiophene rings is 1. The minimum absolute atomic E-state index is 0.0495. The molecule has 1 aromatic heterocycles. The van der Waals surface area contributed by atoms with Gasteiger partial charge in [-0.05, 0) is 22.0 Å². The van der Waals surface area contributed by atoms with Crippen LogP contribution in [0.15, 0.2) is 15.9 Å². The third kappa shape index (κ3) is 3.14. The Labute approximate surface area is 121 Å². The van der Waals surface area contributed by atoms with Gasteiger partial charge >= 0.3 is 0 Å². The van der Waals surface area contributed by atoms with Crippen LogP contribution in [0, 0.1) is 5.41 Å². The standard InChI is InChI=1S/C13H20BrNO2S/c1-12(2,11-3-10(14)4-18-11)5-15-6-13(7-16)8-17-9-13/h3-4,15-16H,5-9H2,1-2H3. The molecule has 102 valence electrons. The number of ether oxygens (including phenoxy) is 1. The highest BCUT2D eigenvalue weighted by molar-refractivity contribution is 9.10. The zero-order valence-electron chi connectivity index (χ0n) is 10.8. The average Bonchev–Trinajstić information content (AvgIpc) is 2.70. The number of rotatable bonds is 6. The lowest BCUT2D eigenvalue weighted by molar-refractivity contribution is -0.134. The second-order valence-electron chi connectivity index (χ2n) is 5.77. The minimum atomic E-state index is -0.0495. The first-order valence-electron chi connectivity index (χ1n) is 6.11. The Balaban J connectivity index is 1.85. The van der Waals surface area contributed by atoms with Gasteiger partial charge in [0.05, 0.1) is 25.2 Å². The highest BCUT2D eigenvalue weighted by Crippen LogP contribution is 2.31. The third-order valence-corrected chi connectivity index (χ3v) is 5.51. The molecule has 0 spiro atoms. The van der Waals surface area contributed by atoms with Crippen LogP contribution in [0.4, 0.5) is 0 Å². The number of hydrogen-bond acceptors (Lipinski definition) is 4. The van der Waals surface area contributed by atoms with Crippen LogP contribution in [0.3, 0.4) is 0 Å². The van der Waals surface area contributed by atoms with Crippen molar-refractivity contribution in [2.75, 3.05) is 32.9 Å². The lowest BCUT2D eigenvalue weighted by atomic mass is 9.86. The zero-order chi connectivity index (χ0) is 13.2. The monoisotopic (exact) mass is 333 g/mol. The first-order chi connectivity index (χ1) is 8.47. The molecule has 0 atom stereocenters. The molecule has 2 rings (SSSR count). The van der Waals surface area contributed by atoms with E-state index in [2.05, 4.69) is 46.5 Å². The van der Waals surface area contributed by atoms with Crippen molar-refractivity contribution in [2.45, 2.75) is 19.3 Å². The summed E-state index contributed by atoms with van der Waals surface area (Å²) >= 11 is 5.28. The Bertz CT molecular complexity index is 396. The maximum Gasteiger partial charge on any atom is 0.0579 e. The SMILES string of the molecule is CC(C)(CNCC1(CO)COC1)c1cc(Br)cs1. The molecule has 1 saturated heterocycles. The van der Waals surface area contributed by atoms with Crippen molar-refractivity contribution in [3.05, 3.63) is 20.8 Å². The molecule has 0 radical (unpaired) electrons. The molecule has 0 bridgehead atoms. The molecule has 1 aliphatic rings. The molecular formula is C13H20BrNO2S. The lowest BCUT2D eigenvalue weighted by Crippen LogP contribution is -2.53. The zero-order valence-corrected chi connectivity index (χ0v) is 13.2. The van der Waals surface area contributed by atoms with Crippen LogP contribution in [0.25, 0.3) is 0 Å². The predicted molar refractivity (Wildman–Crippen MR) is 78.3 cm³/mol. The molecule has 3 nitrogen and oxygen atoms in total. The fourth-order valence-electron chi connectivity index (χ4n) is 2.04. The van der Waals surface area contributed by atoms with Crippen LogP contribution < -0.4 is 5.32 Å². The van der Waals surface area contributed by atoms with Gasteiger partial charge in [0.1, 0.15) is 0 Å². The van der Waals surface area contributed by atoms with E-state index in [0.717, 1.165) is 17.6 Å². The summed E-state index contributed by atoms with van der Waals surface area (Å²) in [5.41, 5.74) is 0.0596. The second kappa shape index (κ2) is 5.59. The normalized spacial score (nSPS) is 18.7. The Kier molecular flexibility index (Phi) is 4.49. The molecule has 1 fully saturated rings. The Morgan fingerprint density at radius 3 is 2.72 bits per heavy atom. The topological polar surface area (TPSA) is 41.5 Å². The van der Waals surface area contributed by atoms with Crippen molar-refractivity contribution in [2.24, 2.45) is 5.41 Å². The van der Waals surface area contributed by atoms with Gasteiger partial charge < -0.3 is 15.2 Å². The first-order valence-corrected chi connectivity index (χ1v) is 7.79. The van der Waals surface area contributed by atoms with E-state index in [0.29, 0.717) is 13.2 Å². The average molecular weight is 334 g/mol. The Morgan fingerprint density at radius 1 is 1.56 bits per heavy atom. The molecule has 18 heavy (non-hydrogen) atoms. The van der Waals surface area contributed by atoms with Crippen LogP contribution in [-0.4, -0.2) is 38.0 Å². The van der Waals surface area contributed by atoms with Gasteiger partial charge in [-0.3, -0.25) is 0 Å². The number of nitrogens with one attached hydrogen (secondary N) is 1. The van der Waals surface area contributed by atoms with E-state index >= 15 is 0 Å². The fourth-order valence-corrected chi connectivity index (χ4v) is 3.59. The molecule has 0 unspecified atom stereocenters. The van der Waals surface area contributed by atoms with Crippen molar-refractivity contribution in [1.82, 2.24) is 5.32 Å². The largest absolute Gasteiger partial charge is 0.396 e. The van der Waals surface area contributed by atoms with Crippen molar-refractivity contribution in [1.29, 1.82) is 0 Å². The van der Waals surface area contributed by atoms with Gasteiger partial charge in [0.2, 0.25) is 0 Å². The van der Waals surface area contributed by atoms with Gasteiger partial charge in [-0.2, -0.15) is 0 Å². The van der Waals surface area contributed by atoms with E-state index in [1.54, 1.807) is 11.3 Å².